The Labute approximate surface area is 213 Å². The standard InChI is InChI=1S/C26H32F3N3O5/c27-23-14(3-8-17-18(23)13-32(25(17)35)20-9-10-22(33)31-24(20)34)12-21-19(2-1-11-36-21)30-15-4-6-16(7-5-15)37-26(28)29/h3,8,15-16,19-21,26,30H,1-2,4-7,9-13H2,(H,31,33,34)/t15?,16?,19-,20?,21+/m0/s1. The molecule has 3 atom stereocenters. The van der Waals surface area contributed by atoms with Crippen molar-refractivity contribution in [3.8, 4) is 0 Å². The third kappa shape index (κ3) is 5.68. The third-order valence-electron chi connectivity index (χ3n) is 8.01. The first-order chi connectivity index (χ1) is 17.8. The molecule has 1 unspecified atom stereocenters. The van der Waals surface area contributed by atoms with Gasteiger partial charge in [-0.05, 0) is 56.6 Å². The van der Waals surface area contributed by atoms with Gasteiger partial charge in [0.25, 0.3) is 5.91 Å². The number of piperidine rings is 1. The van der Waals surface area contributed by atoms with Crippen molar-refractivity contribution in [2.45, 2.75) is 101 Å². The third-order valence-corrected chi connectivity index (χ3v) is 8.01. The van der Waals surface area contributed by atoms with Crippen LogP contribution in [0.15, 0.2) is 12.1 Å². The van der Waals surface area contributed by atoms with Crippen LogP contribution in [0.1, 0.15) is 72.9 Å². The summed E-state index contributed by atoms with van der Waals surface area (Å²) in [6.45, 7) is -2.19. The minimum atomic E-state index is -2.75. The van der Waals surface area contributed by atoms with E-state index >= 15 is 4.39 Å². The molecule has 1 aliphatic carbocycles. The summed E-state index contributed by atoms with van der Waals surface area (Å²) >= 11 is 0. The molecular formula is C26H32F3N3O5. The van der Waals surface area contributed by atoms with E-state index in [1.807, 2.05) is 0 Å². The van der Waals surface area contributed by atoms with E-state index in [4.69, 9.17) is 4.74 Å². The van der Waals surface area contributed by atoms with E-state index in [0.717, 1.165) is 25.7 Å². The lowest BCUT2D eigenvalue weighted by atomic mass is 9.89. The quantitative estimate of drug-likeness (QED) is 0.534. The highest BCUT2D eigenvalue weighted by Crippen LogP contribution is 2.32. The molecule has 5 rings (SSSR count). The first-order valence-electron chi connectivity index (χ1n) is 13.1. The van der Waals surface area contributed by atoms with Gasteiger partial charge in [0.05, 0.1) is 18.8 Å². The second-order valence-corrected chi connectivity index (χ2v) is 10.4. The van der Waals surface area contributed by atoms with Crippen molar-refractivity contribution >= 4 is 17.7 Å². The van der Waals surface area contributed by atoms with Crippen LogP contribution in [0.2, 0.25) is 0 Å². The van der Waals surface area contributed by atoms with Crippen molar-refractivity contribution in [1.82, 2.24) is 15.5 Å². The van der Waals surface area contributed by atoms with Crippen LogP contribution in [0.5, 0.6) is 0 Å². The number of nitrogens with zero attached hydrogens (tertiary/aromatic N) is 1. The van der Waals surface area contributed by atoms with Gasteiger partial charge in [-0.2, -0.15) is 8.78 Å². The Hall–Kier alpha value is -2.50. The highest BCUT2D eigenvalue weighted by molar-refractivity contribution is 6.05. The molecule has 8 nitrogen and oxygen atoms in total. The van der Waals surface area contributed by atoms with Crippen molar-refractivity contribution < 1.29 is 37.0 Å². The van der Waals surface area contributed by atoms with Gasteiger partial charge >= 0.3 is 6.61 Å². The van der Waals surface area contributed by atoms with Gasteiger partial charge in [0.1, 0.15) is 11.9 Å². The minimum Gasteiger partial charge on any atom is -0.376 e. The van der Waals surface area contributed by atoms with Crippen molar-refractivity contribution in [1.29, 1.82) is 0 Å². The molecule has 0 radical (unpaired) electrons. The molecule has 3 amide bonds. The molecule has 3 aliphatic heterocycles. The summed E-state index contributed by atoms with van der Waals surface area (Å²) in [7, 11) is 0. The van der Waals surface area contributed by atoms with Crippen LogP contribution in [0, 0.1) is 5.82 Å². The first kappa shape index (κ1) is 26.1. The Morgan fingerprint density at radius 1 is 1.11 bits per heavy atom. The minimum absolute atomic E-state index is 0.000531. The molecule has 11 heteroatoms. The Bertz CT molecular complexity index is 1050. The molecule has 37 heavy (non-hydrogen) atoms. The number of halogens is 3. The fourth-order valence-corrected chi connectivity index (χ4v) is 6.07. The first-order valence-corrected chi connectivity index (χ1v) is 13.1. The number of nitrogens with one attached hydrogen (secondary N) is 2. The van der Waals surface area contributed by atoms with Crippen molar-refractivity contribution in [2.75, 3.05) is 6.61 Å². The average Bonchev–Trinajstić information content (AvgIpc) is 3.20. The molecule has 1 aromatic carbocycles. The number of amides is 3. The second-order valence-electron chi connectivity index (χ2n) is 10.4. The van der Waals surface area contributed by atoms with Crippen LogP contribution in [0.4, 0.5) is 13.2 Å². The topological polar surface area (TPSA) is 97.0 Å². The average molecular weight is 524 g/mol. The number of hydrogen-bond donors (Lipinski definition) is 2. The molecular weight excluding hydrogens is 491 g/mol. The maximum atomic E-state index is 15.7. The lowest BCUT2D eigenvalue weighted by molar-refractivity contribution is -0.170. The van der Waals surface area contributed by atoms with Gasteiger partial charge in [-0.1, -0.05) is 6.07 Å². The van der Waals surface area contributed by atoms with Crippen LogP contribution in [0.3, 0.4) is 0 Å². The maximum Gasteiger partial charge on any atom is 0.345 e. The summed E-state index contributed by atoms with van der Waals surface area (Å²) in [6, 6.07) is 2.59. The summed E-state index contributed by atoms with van der Waals surface area (Å²) < 4.78 is 51.3. The fraction of sp³-hybridized carbons (Fsp3) is 0.654. The van der Waals surface area contributed by atoms with E-state index in [2.05, 4.69) is 15.4 Å². The number of hydrogen-bond acceptors (Lipinski definition) is 6. The largest absolute Gasteiger partial charge is 0.376 e. The summed E-state index contributed by atoms with van der Waals surface area (Å²) in [5.41, 5.74) is 0.960. The Morgan fingerprint density at radius 2 is 1.89 bits per heavy atom. The van der Waals surface area contributed by atoms with Crippen LogP contribution < -0.4 is 10.6 Å². The van der Waals surface area contributed by atoms with Crippen LogP contribution in [-0.2, 0) is 32.0 Å². The number of imide groups is 1. The lowest BCUT2D eigenvalue weighted by Gasteiger charge is -2.37. The number of alkyl halides is 2. The molecule has 202 valence electrons. The van der Waals surface area contributed by atoms with Gasteiger partial charge in [0.2, 0.25) is 11.8 Å². The predicted octanol–water partition coefficient (Wildman–Crippen LogP) is 2.82. The lowest BCUT2D eigenvalue weighted by Crippen LogP contribution is -2.52. The van der Waals surface area contributed by atoms with E-state index < -0.39 is 36.4 Å². The van der Waals surface area contributed by atoms with Gasteiger partial charge in [0, 0.05) is 42.7 Å². The highest BCUT2D eigenvalue weighted by atomic mass is 19.3. The van der Waals surface area contributed by atoms with Gasteiger partial charge in [-0.15, -0.1) is 0 Å². The summed E-state index contributed by atoms with van der Waals surface area (Å²) in [5.74, 6) is -1.77. The number of ether oxygens (including phenoxy) is 2. The monoisotopic (exact) mass is 523 g/mol. The molecule has 0 aromatic heterocycles. The van der Waals surface area contributed by atoms with Crippen molar-refractivity contribution in [2.24, 2.45) is 0 Å². The van der Waals surface area contributed by atoms with Gasteiger partial charge in [-0.3, -0.25) is 19.7 Å². The summed E-state index contributed by atoms with van der Waals surface area (Å²) in [6.07, 6.45) is 4.34. The number of carbonyl (C=O) groups is 3. The molecule has 0 spiro atoms. The molecule has 1 aromatic rings. The highest BCUT2D eigenvalue weighted by Gasteiger charge is 2.41. The second kappa shape index (κ2) is 11.1. The maximum absolute atomic E-state index is 15.7. The number of carbonyl (C=O) groups excluding carboxylic acids is 3. The fourth-order valence-electron chi connectivity index (χ4n) is 6.07. The predicted molar refractivity (Wildman–Crippen MR) is 125 cm³/mol. The molecule has 0 bridgehead atoms. The number of rotatable bonds is 7. The Morgan fingerprint density at radius 3 is 2.62 bits per heavy atom. The SMILES string of the molecule is O=C1CCC(N2Cc3c(ccc(C[C@H]4OCCC[C@@H]4NC4CCC(OC(F)F)CC4)c3F)C2=O)C(=O)N1. The zero-order chi connectivity index (χ0) is 26.1. The summed E-state index contributed by atoms with van der Waals surface area (Å²) in [5, 5.41) is 5.87. The molecule has 2 saturated heterocycles. The normalized spacial score (nSPS) is 30.5. The van der Waals surface area contributed by atoms with E-state index in [-0.39, 0.29) is 54.6 Å². The van der Waals surface area contributed by atoms with Gasteiger partial charge in [0.15, 0.2) is 0 Å². The van der Waals surface area contributed by atoms with Crippen LogP contribution in [0.25, 0.3) is 0 Å². The molecule has 3 fully saturated rings. The molecule has 2 N–H and O–H groups in total. The van der Waals surface area contributed by atoms with E-state index in [0.29, 0.717) is 31.4 Å². The number of fused-ring (bicyclic) bond motifs is 1. The van der Waals surface area contributed by atoms with Crippen LogP contribution in [-0.4, -0.2) is 66.2 Å². The van der Waals surface area contributed by atoms with E-state index in [1.165, 1.54) is 4.90 Å². The van der Waals surface area contributed by atoms with Gasteiger partial charge in [-0.25, -0.2) is 4.39 Å². The van der Waals surface area contributed by atoms with Gasteiger partial charge < -0.3 is 19.7 Å². The zero-order valence-corrected chi connectivity index (χ0v) is 20.5. The number of benzene rings is 1. The molecule has 1 saturated carbocycles. The zero-order valence-electron chi connectivity index (χ0n) is 20.5. The van der Waals surface area contributed by atoms with Crippen molar-refractivity contribution in [3.63, 3.8) is 0 Å². The Balaban J connectivity index is 1.23. The summed E-state index contributed by atoms with van der Waals surface area (Å²) in [4.78, 5) is 38.0. The molecule has 3 heterocycles. The van der Waals surface area contributed by atoms with E-state index in [9.17, 15) is 23.2 Å². The van der Waals surface area contributed by atoms with E-state index in [1.54, 1.807) is 12.1 Å². The van der Waals surface area contributed by atoms with Crippen molar-refractivity contribution in [3.05, 3.63) is 34.6 Å². The Kier molecular flexibility index (Phi) is 7.83. The van der Waals surface area contributed by atoms with Crippen LogP contribution >= 0.6 is 0 Å². The molecule has 4 aliphatic rings. The smallest absolute Gasteiger partial charge is 0.345 e.